The van der Waals surface area contributed by atoms with Crippen molar-refractivity contribution < 1.29 is 12.8 Å². The highest BCUT2D eigenvalue weighted by Crippen LogP contribution is 2.18. The number of nitrogens with zero attached hydrogens (tertiary/aromatic N) is 1. The summed E-state index contributed by atoms with van der Waals surface area (Å²) >= 11 is 0. The van der Waals surface area contributed by atoms with E-state index in [1.54, 1.807) is 30.3 Å². The van der Waals surface area contributed by atoms with Gasteiger partial charge in [-0.05, 0) is 35.0 Å². The van der Waals surface area contributed by atoms with E-state index in [-0.39, 0.29) is 4.90 Å². The number of hydrogen-bond donors (Lipinski definition) is 1. The number of hydrogen-bond acceptors (Lipinski definition) is 4. The summed E-state index contributed by atoms with van der Waals surface area (Å²) in [6.07, 6.45) is 2.79. The molecule has 0 saturated carbocycles. The molecule has 2 aromatic carbocycles. The fourth-order valence-corrected chi connectivity index (χ4v) is 2.74. The number of nitrogens with one attached hydrogen (secondary N) is 1. The molecule has 0 unspecified atom stereocenters. The summed E-state index contributed by atoms with van der Waals surface area (Å²) in [6, 6.07) is 15.8. The minimum atomic E-state index is -3.69. The molecule has 21 heavy (non-hydrogen) atoms. The SMILES string of the molecule is O=S(=O)(NN=Cc1ccco1)c1ccc2ccccc2c1. The van der Waals surface area contributed by atoms with Crippen LogP contribution in [-0.4, -0.2) is 14.6 Å². The summed E-state index contributed by atoms with van der Waals surface area (Å²) in [7, 11) is -3.69. The van der Waals surface area contributed by atoms with Crippen LogP contribution >= 0.6 is 0 Å². The van der Waals surface area contributed by atoms with Gasteiger partial charge in [0.25, 0.3) is 10.0 Å². The molecule has 0 aliphatic rings. The fraction of sp³-hybridized carbons (Fsp3) is 0. The standard InChI is InChI=1S/C15H12N2O3S/c18-21(19,17-16-11-14-6-3-9-20-14)15-8-7-12-4-1-2-5-13(12)10-15/h1-11,17H. The third kappa shape index (κ3) is 2.95. The first-order valence-electron chi connectivity index (χ1n) is 6.22. The van der Waals surface area contributed by atoms with E-state index in [1.165, 1.54) is 12.5 Å². The molecular weight excluding hydrogens is 288 g/mol. The first kappa shape index (κ1) is 13.4. The molecule has 1 heterocycles. The molecule has 1 N–H and O–H groups in total. The summed E-state index contributed by atoms with van der Waals surface area (Å²) < 4.78 is 29.3. The first-order chi connectivity index (χ1) is 10.1. The highest BCUT2D eigenvalue weighted by molar-refractivity contribution is 7.89. The molecule has 3 rings (SSSR count). The van der Waals surface area contributed by atoms with Gasteiger partial charge in [-0.15, -0.1) is 0 Å². The highest BCUT2D eigenvalue weighted by Gasteiger charge is 2.12. The van der Waals surface area contributed by atoms with Crippen LogP contribution in [-0.2, 0) is 10.0 Å². The molecule has 0 amide bonds. The molecular formula is C15H12N2O3S. The maximum absolute atomic E-state index is 12.1. The predicted octanol–water partition coefficient (Wildman–Crippen LogP) is 2.75. The van der Waals surface area contributed by atoms with Crippen molar-refractivity contribution >= 4 is 27.0 Å². The average Bonchev–Trinajstić information content (AvgIpc) is 3.00. The minimum absolute atomic E-state index is 0.165. The van der Waals surface area contributed by atoms with Crippen molar-refractivity contribution in [1.29, 1.82) is 0 Å². The quantitative estimate of drug-likeness (QED) is 0.595. The minimum Gasteiger partial charge on any atom is -0.463 e. The van der Waals surface area contributed by atoms with E-state index in [0.717, 1.165) is 10.8 Å². The molecule has 1 aromatic heterocycles. The third-order valence-electron chi connectivity index (χ3n) is 2.94. The lowest BCUT2D eigenvalue weighted by Gasteiger charge is -2.04. The molecule has 0 radical (unpaired) electrons. The summed E-state index contributed by atoms with van der Waals surface area (Å²) in [6.45, 7) is 0. The summed E-state index contributed by atoms with van der Waals surface area (Å²) in [4.78, 5) is 2.32. The van der Waals surface area contributed by atoms with E-state index in [2.05, 4.69) is 9.93 Å². The number of furan rings is 1. The van der Waals surface area contributed by atoms with Crippen LogP contribution in [0.1, 0.15) is 5.76 Å². The van der Waals surface area contributed by atoms with E-state index in [1.807, 2.05) is 24.3 Å². The second-order valence-electron chi connectivity index (χ2n) is 4.38. The Kier molecular flexibility index (Phi) is 3.45. The Hall–Kier alpha value is -2.60. The Morgan fingerprint density at radius 2 is 1.81 bits per heavy atom. The first-order valence-corrected chi connectivity index (χ1v) is 7.71. The van der Waals surface area contributed by atoms with Gasteiger partial charge in [-0.3, -0.25) is 0 Å². The van der Waals surface area contributed by atoms with Crippen molar-refractivity contribution in [1.82, 2.24) is 4.83 Å². The number of hydrazone groups is 1. The molecule has 0 saturated heterocycles. The van der Waals surface area contributed by atoms with Gasteiger partial charge < -0.3 is 4.42 Å². The lowest BCUT2D eigenvalue weighted by atomic mass is 10.1. The summed E-state index contributed by atoms with van der Waals surface area (Å²) in [5.41, 5.74) is 0. The Morgan fingerprint density at radius 1 is 1.00 bits per heavy atom. The largest absolute Gasteiger partial charge is 0.463 e. The second kappa shape index (κ2) is 5.41. The van der Waals surface area contributed by atoms with Crippen LogP contribution in [0.2, 0.25) is 0 Å². The van der Waals surface area contributed by atoms with E-state index in [0.29, 0.717) is 5.76 Å². The van der Waals surface area contributed by atoms with Gasteiger partial charge in [0.15, 0.2) is 0 Å². The molecule has 6 heteroatoms. The molecule has 0 aliphatic heterocycles. The lowest BCUT2D eigenvalue weighted by molar-refractivity contribution is 0.559. The lowest BCUT2D eigenvalue weighted by Crippen LogP contribution is -2.18. The highest BCUT2D eigenvalue weighted by atomic mass is 32.2. The second-order valence-corrected chi connectivity index (χ2v) is 6.04. The molecule has 0 atom stereocenters. The van der Waals surface area contributed by atoms with Gasteiger partial charge in [-0.2, -0.15) is 18.4 Å². The Balaban J connectivity index is 1.86. The van der Waals surface area contributed by atoms with Crippen molar-refractivity contribution in [3.05, 3.63) is 66.6 Å². The number of rotatable bonds is 4. The zero-order chi connectivity index (χ0) is 14.7. The molecule has 0 spiro atoms. The van der Waals surface area contributed by atoms with Gasteiger partial charge in [0.1, 0.15) is 5.76 Å². The Bertz CT molecular complexity index is 884. The molecule has 0 bridgehead atoms. The van der Waals surface area contributed by atoms with E-state index < -0.39 is 10.0 Å². The van der Waals surface area contributed by atoms with Crippen LogP contribution in [0.15, 0.2) is 75.3 Å². The molecule has 0 aliphatic carbocycles. The molecule has 106 valence electrons. The zero-order valence-corrected chi connectivity index (χ0v) is 11.7. The van der Waals surface area contributed by atoms with Crippen molar-refractivity contribution in [3.63, 3.8) is 0 Å². The average molecular weight is 300 g/mol. The van der Waals surface area contributed by atoms with Crippen LogP contribution in [0.4, 0.5) is 0 Å². The van der Waals surface area contributed by atoms with Gasteiger partial charge >= 0.3 is 0 Å². The maximum atomic E-state index is 12.1. The zero-order valence-electron chi connectivity index (χ0n) is 10.9. The molecule has 5 nitrogen and oxygen atoms in total. The number of fused-ring (bicyclic) bond motifs is 1. The van der Waals surface area contributed by atoms with Gasteiger partial charge in [0.2, 0.25) is 0 Å². The van der Waals surface area contributed by atoms with Crippen LogP contribution in [0, 0.1) is 0 Å². The van der Waals surface area contributed by atoms with E-state index in [4.69, 9.17) is 4.42 Å². The van der Waals surface area contributed by atoms with Gasteiger partial charge in [-0.25, -0.2) is 0 Å². The predicted molar refractivity (Wildman–Crippen MR) is 80.6 cm³/mol. The fourth-order valence-electron chi connectivity index (χ4n) is 1.91. The van der Waals surface area contributed by atoms with Crippen LogP contribution in [0.3, 0.4) is 0 Å². The van der Waals surface area contributed by atoms with Crippen molar-refractivity contribution in [2.24, 2.45) is 5.10 Å². The molecule has 0 fully saturated rings. The number of benzene rings is 2. The van der Waals surface area contributed by atoms with Crippen molar-refractivity contribution in [2.45, 2.75) is 4.90 Å². The molecule has 3 aromatic rings. The Labute approximate surface area is 122 Å². The van der Waals surface area contributed by atoms with Gasteiger partial charge in [-0.1, -0.05) is 30.3 Å². The maximum Gasteiger partial charge on any atom is 0.276 e. The summed E-state index contributed by atoms with van der Waals surface area (Å²) in [5, 5.41) is 5.52. The van der Waals surface area contributed by atoms with Gasteiger partial charge in [0, 0.05) is 0 Å². The van der Waals surface area contributed by atoms with Crippen LogP contribution < -0.4 is 4.83 Å². The van der Waals surface area contributed by atoms with Crippen LogP contribution in [0.5, 0.6) is 0 Å². The van der Waals surface area contributed by atoms with E-state index in [9.17, 15) is 8.42 Å². The van der Waals surface area contributed by atoms with Gasteiger partial charge in [0.05, 0.1) is 17.4 Å². The van der Waals surface area contributed by atoms with Crippen molar-refractivity contribution in [2.75, 3.05) is 0 Å². The topological polar surface area (TPSA) is 71.7 Å². The monoisotopic (exact) mass is 300 g/mol. The van der Waals surface area contributed by atoms with E-state index >= 15 is 0 Å². The third-order valence-corrected chi connectivity index (χ3v) is 4.16. The van der Waals surface area contributed by atoms with Crippen molar-refractivity contribution in [3.8, 4) is 0 Å². The smallest absolute Gasteiger partial charge is 0.276 e. The Morgan fingerprint density at radius 3 is 2.57 bits per heavy atom. The van der Waals surface area contributed by atoms with Crippen LogP contribution in [0.25, 0.3) is 10.8 Å². The normalized spacial score (nSPS) is 12.0. The number of sulfonamides is 1. The summed E-state index contributed by atoms with van der Waals surface area (Å²) in [5.74, 6) is 0.469.